The minimum atomic E-state index is -1.03. The highest BCUT2D eigenvalue weighted by atomic mass is 32.2. The van der Waals surface area contributed by atoms with Gasteiger partial charge in [0.2, 0.25) is 0 Å². The molecule has 0 aliphatic rings. The number of hydrogen-bond donors (Lipinski definition) is 2. The molecule has 0 aromatic carbocycles. The third-order valence-electron chi connectivity index (χ3n) is 2.75. The molecule has 0 saturated heterocycles. The molecule has 0 radical (unpaired) electrons. The lowest BCUT2D eigenvalue weighted by atomic mass is 10.2. The first-order valence-corrected chi connectivity index (χ1v) is 8.16. The van der Waals surface area contributed by atoms with Gasteiger partial charge in [-0.25, -0.2) is 4.79 Å². The lowest BCUT2D eigenvalue weighted by molar-refractivity contribution is -0.131. The van der Waals surface area contributed by atoms with Crippen LogP contribution >= 0.6 is 11.8 Å². The Morgan fingerprint density at radius 2 is 2.14 bits per heavy atom. The number of hydrogen-bond acceptors (Lipinski definition) is 4. The standard InChI is InChI=1S/C15H20N2O3S/c1-21-8-4-2-3-7-17-15(20)13-9-12(10-16-11-13)5-6-14(18)19/h5-6,9-11H,2-4,7-8H2,1H3,(H,17,20)(H,18,19)/b6-5+. The number of pyridine rings is 1. The Labute approximate surface area is 128 Å². The van der Waals surface area contributed by atoms with Gasteiger partial charge >= 0.3 is 5.97 Å². The van der Waals surface area contributed by atoms with Crippen molar-refractivity contribution in [2.45, 2.75) is 19.3 Å². The number of carboxylic acid groups (broad SMARTS) is 1. The summed E-state index contributed by atoms with van der Waals surface area (Å²) in [5.41, 5.74) is 1.02. The highest BCUT2D eigenvalue weighted by molar-refractivity contribution is 7.98. The molecule has 5 nitrogen and oxygen atoms in total. The van der Waals surface area contributed by atoms with E-state index >= 15 is 0 Å². The molecule has 0 atom stereocenters. The topological polar surface area (TPSA) is 79.3 Å². The molecule has 0 spiro atoms. The first-order valence-electron chi connectivity index (χ1n) is 6.76. The smallest absolute Gasteiger partial charge is 0.328 e. The zero-order valence-electron chi connectivity index (χ0n) is 12.0. The average Bonchev–Trinajstić information content (AvgIpc) is 2.48. The maximum Gasteiger partial charge on any atom is 0.328 e. The molecule has 1 amide bonds. The predicted octanol–water partition coefficient (Wildman–Crippen LogP) is 2.44. The van der Waals surface area contributed by atoms with Crippen molar-refractivity contribution in [2.24, 2.45) is 0 Å². The Morgan fingerprint density at radius 1 is 1.33 bits per heavy atom. The summed E-state index contributed by atoms with van der Waals surface area (Å²) in [7, 11) is 0. The highest BCUT2D eigenvalue weighted by Crippen LogP contribution is 2.05. The number of carbonyl (C=O) groups is 2. The maximum atomic E-state index is 11.9. The number of rotatable bonds is 9. The van der Waals surface area contributed by atoms with Crippen molar-refractivity contribution in [3.63, 3.8) is 0 Å². The normalized spacial score (nSPS) is 10.7. The summed E-state index contributed by atoms with van der Waals surface area (Å²) in [6, 6.07) is 1.62. The van der Waals surface area contributed by atoms with E-state index in [1.807, 2.05) is 11.8 Å². The van der Waals surface area contributed by atoms with Crippen molar-refractivity contribution in [1.82, 2.24) is 10.3 Å². The third-order valence-corrected chi connectivity index (χ3v) is 3.45. The van der Waals surface area contributed by atoms with Gasteiger partial charge in [-0.15, -0.1) is 0 Å². The Kier molecular flexibility index (Phi) is 8.19. The molecule has 0 aliphatic heterocycles. The summed E-state index contributed by atoms with van der Waals surface area (Å²) in [6.45, 7) is 0.641. The monoisotopic (exact) mass is 308 g/mol. The van der Waals surface area contributed by atoms with E-state index in [4.69, 9.17) is 5.11 Å². The van der Waals surface area contributed by atoms with E-state index in [0.717, 1.165) is 31.1 Å². The number of carbonyl (C=O) groups excluding carboxylic acids is 1. The van der Waals surface area contributed by atoms with Gasteiger partial charge in [0.25, 0.3) is 5.91 Å². The number of amides is 1. The van der Waals surface area contributed by atoms with Crippen molar-refractivity contribution in [1.29, 1.82) is 0 Å². The van der Waals surface area contributed by atoms with Crippen molar-refractivity contribution in [2.75, 3.05) is 18.6 Å². The van der Waals surface area contributed by atoms with Gasteiger partial charge in [0.05, 0.1) is 5.56 Å². The second kappa shape index (κ2) is 9.99. The second-order valence-electron chi connectivity index (χ2n) is 4.49. The molecule has 1 aromatic heterocycles. The number of carboxylic acids is 1. The van der Waals surface area contributed by atoms with Crippen LogP contribution in [-0.4, -0.2) is 40.5 Å². The second-order valence-corrected chi connectivity index (χ2v) is 5.47. The van der Waals surface area contributed by atoms with Crippen molar-refractivity contribution in [3.8, 4) is 0 Å². The van der Waals surface area contributed by atoms with Crippen LogP contribution in [0.4, 0.5) is 0 Å². The van der Waals surface area contributed by atoms with Crippen LogP contribution < -0.4 is 5.32 Å². The molecule has 6 heteroatoms. The molecular formula is C15H20N2O3S. The van der Waals surface area contributed by atoms with Crippen LogP contribution in [0.2, 0.25) is 0 Å². The summed E-state index contributed by atoms with van der Waals surface area (Å²) in [4.78, 5) is 26.3. The van der Waals surface area contributed by atoms with E-state index in [0.29, 0.717) is 17.7 Å². The van der Waals surface area contributed by atoms with E-state index in [9.17, 15) is 9.59 Å². The molecule has 1 aromatic rings. The molecule has 0 bridgehead atoms. The Balaban J connectivity index is 2.43. The van der Waals surface area contributed by atoms with Crippen LogP contribution in [-0.2, 0) is 4.79 Å². The minimum Gasteiger partial charge on any atom is -0.478 e. The van der Waals surface area contributed by atoms with Gasteiger partial charge in [-0.3, -0.25) is 9.78 Å². The molecule has 21 heavy (non-hydrogen) atoms. The van der Waals surface area contributed by atoms with Crippen LogP contribution in [0.3, 0.4) is 0 Å². The van der Waals surface area contributed by atoms with Gasteiger partial charge in [0, 0.05) is 25.0 Å². The molecule has 1 rings (SSSR count). The van der Waals surface area contributed by atoms with Gasteiger partial charge < -0.3 is 10.4 Å². The number of nitrogens with zero attached hydrogens (tertiary/aromatic N) is 1. The quantitative estimate of drug-likeness (QED) is 0.541. The fourth-order valence-corrected chi connectivity index (χ4v) is 2.19. The van der Waals surface area contributed by atoms with E-state index in [1.165, 1.54) is 18.5 Å². The maximum absolute atomic E-state index is 11.9. The molecule has 2 N–H and O–H groups in total. The zero-order valence-corrected chi connectivity index (χ0v) is 12.9. The van der Waals surface area contributed by atoms with Crippen LogP contribution in [0.25, 0.3) is 6.08 Å². The predicted molar refractivity (Wildman–Crippen MR) is 85.5 cm³/mol. The summed E-state index contributed by atoms with van der Waals surface area (Å²) >= 11 is 1.83. The van der Waals surface area contributed by atoms with Gasteiger partial charge in [0.15, 0.2) is 0 Å². The number of aliphatic carboxylic acids is 1. The Hall–Kier alpha value is -1.82. The first-order chi connectivity index (χ1) is 10.1. The van der Waals surface area contributed by atoms with Crippen molar-refractivity contribution < 1.29 is 14.7 Å². The number of nitrogens with one attached hydrogen (secondary N) is 1. The largest absolute Gasteiger partial charge is 0.478 e. The fourth-order valence-electron chi connectivity index (χ4n) is 1.69. The summed E-state index contributed by atoms with van der Waals surface area (Å²) in [5.74, 6) is -0.0661. The summed E-state index contributed by atoms with van der Waals surface area (Å²) in [5, 5.41) is 11.4. The number of unbranched alkanes of at least 4 members (excludes halogenated alkanes) is 2. The fraction of sp³-hybridized carbons (Fsp3) is 0.400. The van der Waals surface area contributed by atoms with E-state index in [-0.39, 0.29) is 5.91 Å². The molecular weight excluding hydrogens is 288 g/mol. The molecule has 1 heterocycles. The van der Waals surface area contributed by atoms with Gasteiger partial charge in [-0.1, -0.05) is 6.42 Å². The molecule has 0 aliphatic carbocycles. The SMILES string of the molecule is CSCCCCCNC(=O)c1cncc(/C=C/C(=O)O)c1. The van der Waals surface area contributed by atoms with Crippen LogP contribution in [0.1, 0.15) is 35.2 Å². The van der Waals surface area contributed by atoms with Crippen LogP contribution in [0.15, 0.2) is 24.5 Å². The highest BCUT2D eigenvalue weighted by Gasteiger charge is 2.05. The summed E-state index contributed by atoms with van der Waals surface area (Å²) < 4.78 is 0. The number of thioether (sulfide) groups is 1. The van der Waals surface area contributed by atoms with Crippen LogP contribution in [0, 0.1) is 0 Å². The zero-order chi connectivity index (χ0) is 15.5. The molecule has 0 unspecified atom stereocenters. The van der Waals surface area contributed by atoms with Gasteiger partial charge in [-0.05, 0) is 42.6 Å². The number of aromatic nitrogens is 1. The van der Waals surface area contributed by atoms with Gasteiger partial charge in [0.1, 0.15) is 0 Å². The minimum absolute atomic E-state index is 0.182. The van der Waals surface area contributed by atoms with Crippen molar-refractivity contribution >= 4 is 29.7 Å². The van der Waals surface area contributed by atoms with Crippen molar-refractivity contribution in [3.05, 3.63) is 35.7 Å². The average molecular weight is 308 g/mol. The summed E-state index contributed by atoms with van der Waals surface area (Å²) in [6.07, 6.45) is 10.7. The van der Waals surface area contributed by atoms with Gasteiger partial charge in [-0.2, -0.15) is 11.8 Å². The first kappa shape index (κ1) is 17.2. The lowest BCUT2D eigenvalue weighted by Gasteiger charge is -2.05. The Morgan fingerprint density at radius 3 is 2.86 bits per heavy atom. The molecule has 0 fully saturated rings. The molecule has 0 saturated carbocycles. The third kappa shape index (κ3) is 7.51. The van der Waals surface area contributed by atoms with E-state index < -0.39 is 5.97 Å². The van der Waals surface area contributed by atoms with E-state index in [2.05, 4.69) is 16.6 Å². The van der Waals surface area contributed by atoms with E-state index in [1.54, 1.807) is 6.07 Å². The molecule has 114 valence electrons. The lowest BCUT2D eigenvalue weighted by Crippen LogP contribution is -2.24. The van der Waals surface area contributed by atoms with Crippen LogP contribution in [0.5, 0.6) is 0 Å². The Bertz CT molecular complexity index is 503.